The maximum atomic E-state index is 14.4. The number of nitrogens with one attached hydrogen (secondary N) is 2. The number of guanidine groups is 1. The van der Waals surface area contributed by atoms with E-state index in [0.717, 1.165) is 43.1 Å². The van der Waals surface area contributed by atoms with Gasteiger partial charge in [-0.2, -0.15) is 0 Å². The highest BCUT2D eigenvalue weighted by atomic mass is 19.1. The lowest BCUT2D eigenvalue weighted by Gasteiger charge is -2.62. The van der Waals surface area contributed by atoms with E-state index in [2.05, 4.69) is 55.1 Å². The summed E-state index contributed by atoms with van der Waals surface area (Å²) in [6.07, 6.45) is 4.56. The van der Waals surface area contributed by atoms with E-state index in [4.69, 9.17) is 9.73 Å². The Labute approximate surface area is 260 Å². The molecule has 1 aliphatic heterocycles. The molecule has 0 spiro atoms. The largest absolute Gasteiger partial charge is 0.497 e. The molecule has 6 atom stereocenters. The normalized spacial score (nSPS) is 28.1. The molecule has 0 radical (unpaired) electrons. The minimum absolute atomic E-state index is 0.137. The second-order valence-corrected chi connectivity index (χ2v) is 14.1. The highest BCUT2D eigenvalue weighted by molar-refractivity contribution is 5.95. The molecule has 4 aliphatic rings. The lowest BCUT2D eigenvalue weighted by Crippen LogP contribution is -2.57. The topological polar surface area (TPSA) is 83.8 Å². The molecule has 1 aromatic heterocycles. The summed E-state index contributed by atoms with van der Waals surface area (Å²) in [5.41, 5.74) is 2.34. The predicted octanol–water partition coefficient (Wildman–Crippen LogP) is 5.56. The number of piperazine rings is 1. The lowest BCUT2D eigenvalue weighted by atomic mass is 9.43. The van der Waals surface area contributed by atoms with Gasteiger partial charge < -0.3 is 20.3 Å². The van der Waals surface area contributed by atoms with Crippen LogP contribution in [0.25, 0.3) is 10.9 Å². The summed E-state index contributed by atoms with van der Waals surface area (Å²) in [5, 5.41) is 7.78. The second kappa shape index (κ2) is 12.1. The van der Waals surface area contributed by atoms with Gasteiger partial charge in [0.2, 0.25) is 0 Å². The SMILES string of the molecule is COc1ccc(CCn2cnc3cc(N/C(=N/CC4C[C@@H]5C[C@H]([C@H]4C)C5(C)C)N4C[C@@H](C)N[C@@H](C)C4)ccc3c2=O)c(F)c1. The minimum atomic E-state index is -0.341. The quantitative estimate of drug-likeness (QED) is 0.272. The van der Waals surface area contributed by atoms with Crippen molar-refractivity contribution in [2.24, 2.45) is 34.1 Å². The number of hydrogen-bond donors (Lipinski definition) is 2. The number of aliphatic imine (C=N–C) groups is 1. The molecule has 2 aromatic carbocycles. The Bertz CT molecular complexity index is 1590. The van der Waals surface area contributed by atoms with Crippen LogP contribution in [0.5, 0.6) is 5.75 Å². The van der Waals surface area contributed by atoms with Gasteiger partial charge in [-0.15, -0.1) is 0 Å². The van der Waals surface area contributed by atoms with Gasteiger partial charge in [0.1, 0.15) is 11.6 Å². The third-order valence-corrected chi connectivity index (χ3v) is 10.8. The fraction of sp³-hybridized carbons (Fsp3) is 0.571. The second-order valence-electron chi connectivity index (χ2n) is 14.1. The van der Waals surface area contributed by atoms with Crippen molar-refractivity contribution in [2.45, 2.75) is 72.5 Å². The van der Waals surface area contributed by atoms with Gasteiger partial charge >= 0.3 is 0 Å². The number of halogens is 1. The van der Waals surface area contributed by atoms with Crippen LogP contribution >= 0.6 is 0 Å². The zero-order chi connectivity index (χ0) is 31.2. The lowest BCUT2D eigenvalue weighted by molar-refractivity contribution is -0.126. The highest BCUT2D eigenvalue weighted by Gasteiger charge is 2.55. The van der Waals surface area contributed by atoms with Crippen molar-refractivity contribution in [1.82, 2.24) is 19.8 Å². The third kappa shape index (κ3) is 5.95. The van der Waals surface area contributed by atoms with Gasteiger partial charge in [0.05, 0.1) is 24.3 Å². The number of aryl methyl sites for hydroxylation is 2. The van der Waals surface area contributed by atoms with E-state index in [1.165, 1.54) is 26.0 Å². The van der Waals surface area contributed by atoms with Gasteiger partial charge in [-0.1, -0.05) is 26.8 Å². The van der Waals surface area contributed by atoms with Crippen LogP contribution in [0.1, 0.15) is 53.0 Å². The summed E-state index contributed by atoms with van der Waals surface area (Å²) in [5.74, 6) is 3.90. The fourth-order valence-corrected chi connectivity index (χ4v) is 8.04. The first kappa shape index (κ1) is 30.6. The number of anilines is 1. The minimum Gasteiger partial charge on any atom is -0.497 e. The van der Waals surface area contributed by atoms with Crippen LogP contribution in [-0.4, -0.2) is 59.2 Å². The zero-order valence-electron chi connectivity index (χ0n) is 26.9. The van der Waals surface area contributed by atoms with Gasteiger partial charge in [0.25, 0.3) is 5.56 Å². The number of fused-ring (bicyclic) bond motifs is 3. The van der Waals surface area contributed by atoms with Crippen LogP contribution in [0.3, 0.4) is 0 Å². The van der Waals surface area contributed by atoms with Crippen LogP contribution in [0.2, 0.25) is 0 Å². The summed E-state index contributed by atoms with van der Waals surface area (Å²) >= 11 is 0. The van der Waals surface area contributed by atoms with Crippen molar-refractivity contribution >= 4 is 22.5 Å². The summed E-state index contributed by atoms with van der Waals surface area (Å²) in [6, 6.07) is 11.2. The number of aromatic nitrogens is 2. The standard InChI is InChI=1S/C35H47FN6O2/c1-21-18-42(19-22(2)39-21)34(37-17-25-13-26-14-30(23(25)3)35(26,4)5)40-27-8-10-29-32(15-27)38-20-41(33(29)43)12-11-24-7-9-28(44-6)16-31(24)36/h7-10,15-16,20-23,25-26,30,39H,11-14,17-19H2,1-6H3,(H,37,40)/t21-,22+,23-,25?,26+,30+/m0/s1. The van der Waals surface area contributed by atoms with Gasteiger partial charge in [-0.3, -0.25) is 14.4 Å². The Morgan fingerprint density at radius 1 is 1.14 bits per heavy atom. The first-order valence-corrected chi connectivity index (χ1v) is 16.2. The van der Waals surface area contributed by atoms with E-state index in [1.54, 1.807) is 23.0 Å². The van der Waals surface area contributed by atoms with Gasteiger partial charge in [0.15, 0.2) is 5.96 Å². The van der Waals surface area contributed by atoms with Gasteiger partial charge in [-0.05, 0) is 92.0 Å². The summed E-state index contributed by atoms with van der Waals surface area (Å²) in [7, 11) is 1.51. The summed E-state index contributed by atoms with van der Waals surface area (Å²) < 4.78 is 21.1. The van der Waals surface area contributed by atoms with Crippen molar-refractivity contribution in [3.63, 3.8) is 0 Å². The molecule has 4 fully saturated rings. The first-order chi connectivity index (χ1) is 21.0. The number of ether oxygens (including phenoxy) is 1. The molecule has 2 N–H and O–H groups in total. The monoisotopic (exact) mass is 602 g/mol. The molecule has 7 rings (SSSR count). The summed E-state index contributed by atoms with van der Waals surface area (Å²) in [6.45, 7) is 14.7. The predicted molar refractivity (Wildman–Crippen MR) is 175 cm³/mol. The molecule has 1 saturated heterocycles. The molecule has 8 nitrogen and oxygen atoms in total. The maximum Gasteiger partial charge on any atom is 0.261 e. The molecule has 0 amide bonds. The van der Waals surface area contributed by atoms with E-state index < -0.39 is 0 Å². The van der Waals surface area contributed by atoms with Crippen LogP contribution in [0, 0.1) is 34.9 Å². The average Bonchev–Trinajstić information content (AvgIpc) is 2.99. The molecule has 236 valence electrons. The number of nitrogens with zero attached hydrogens (tertiary/aromatic N) is 4. The van der Waals surface area contributed by atoms with Crippen molar-refractivity contribution in [2.75, 3.05) is 32.1 Å². The highest BCUT2D eigenvalue weighted by Crippen LogP contribution is 2.62. The molecule has 1 unspecified atom stereocenters. The Hall–Kier alpha value is -3.46. The van der Waals surface area contributed by atoms with E-state index in [-0.39, 0.29) is 11.4 Å². The van der Waals surface area contributed by atoms with Crippen LogP contribution < -0.4 is 20.9 Å². The van der Waals surface area contributed by atoms with Crippen molar-refractivity contribution in [3.05, 3.63) is 64.5 Å². The molecule has 2 bridgehead atoms. The van der Waals surface area contributed by atoms with Crippen molar-refractivity contribution in [3.8, 4) is 5.75 Å². The van der Waals surface area contributed by atoms with Gasteiger partial charge in [0, 0.05) is 50.0 Å². The van der Waals surface area contributed by atoms with E-state index in [9.17, 15) is 9.18 Å². The molecule has 2 heterocycles. The Kier molecular flexibility index (Phi) is 8.44. The average molecular weight is 603 g/mol. The van der Waals surface area contributed by atoms with Crippen LogP contribution in [0.4, 0.5) is 10.1 Å². The number of hydrogen-bond acceptors (Lipinski definition) is 5. The molecule has 3 aromatic rings. The molecule has 3 aliphatic carbocycles. The zero-order valence-corrected chi connectivity index (χ0v) is 26.9. The smallest absolute Gasteiger partial charge is 0.261 e. The molecule has 9 heteroatoms. The molecular weight excluding hydrogens is 555 g/mol. The first-order valence-electron chi connectivity index (χ1n) is 16.2. The van der Waals surface area contributed by atoms with E-state index >= 15 is 0 Å². The summed E-state index contributed by atoms with van der Waals surface area (Å²) in [4.78, 5) is 25.5. The number of benzene rings is 2. The Morgan fingerprint density at radius 2 is 1.91 bits per heavy atom. The molecule has 3 saturated carbocycles. The van der Waals surface area contributed by atoms with E-state index in [1.807, 2.05) is 18.2 Å². The Balaban J connectivity index is 1.20. The van der Waals surface area contributed by atoms with Crippen molar-refractivity contribution < 1.29 is 9.13 Å². The van der Waals surface area contributed by atoms with Crippen LogP contribution in [-0.2, 0) is 13.0 Å². The fourth-order valence-electron chi connectivity index (χ4n) is 8.04. The number of rotatable bonds is 7. The van der Waals surface area contributed by atoms with Gasteiger partial charge in [-0.25, -0.2) is 9.37 Å². The van der Waals surface area contributed by atoms with Crippen LogP contribution in [0.15, 0.2) is 52.5 Å². The number of methoxy groups -OCH3 is 1. The Morgan fingerprint density at radius 3 is 2.59 bits per heavy atom. The van der Waals surface area contributed by atoms with E-state index in [0.29, 0.717) is 64.5 Å². The van der Waals surface area contributed by atoms with Crippen molar-refractivity contribution in [1.29, 1.82) is 0 Å². The molecular formula is C35H47FN6O2. The maximum absolute atomic E-state index is 14.4. The molecule has 44 heavy (non-hydrogen) atoms. The third-order valence-electron chi connectivity index (χ3n) is 10.8.